The van der Waals surface area contributed by atoms with E-state index in [0.717, 1.165) is 4.47 Å². The van der Waals surface area contributed by atoms with Gasteiger partial charge in [-0.15, -0.1) is 0 Å². The van der Waals surface area contributed by atoms with Crippen molar-refractivity contribution < 1.29 is 27.6 Å². The molecule has 0 aromatic heterocycles. The van der Waals surface area contributed by atoms with Crippen molar-refractivity contribution in [3.63, 3.8) is 0 Å². The number of esters is 1. The molecule has 0 aliphatic heterocycles. The molecule has 1 aromatic rings. The summed E-state index contributed by atoms with van der Waals surface area (Å²) >= 11 is 3.27. The van der Waals surface area contributed by atoms with Crippen molar-refractivity contribution in [3.05, 3.63) is 47.0 Å². The van der Waals surface area contributed by atoms with Crippen LogP contribution in [0, 0.1) is 11.8 Å². The molecular weight excluding hydrogens is 388 g/mol. The maximum atomic E-state index is 12.1. The van der Waals surface area contributed by atoms with Crippen molar-refractivity contribution in [3.8, 4) is 0 Å². The molecule has 6 nitrogen and oxygen atoms in total. The minimum atomic E-state index is -4.55. The fraction of sp³-hybridized carbons (Fsp3) is 0.400. The summed E-state index contributed by atoms with van der Waals surface area (Å²) in [7, 11) is -4.55. The summed E-state index contributed by atoms with van der Waals surface area (Å²) in [5, 5.41) is 9.68. The van der Waals surface area contributed by atoms with E-state index in [2.05, 4.69) is 22.5 Å². The average molecular weight is 405 g/mol. The number of carbonyl (C=O) groups excluding carboxylic acids is 1. The Morgan fingerprint density at radius 3 is 2.30 bits per heavy atom. The molecule has 2 N–H and O–H groups in total. The number of hydrogen-bond acceptors (Lipinski definition) is 5. The summed E-state index contributed by atoms with van der Waals surface area (Å²) in [6, 6.07) is 6.59. The SMILES string of the molecule is C=C[C@H](OC(=O)c1ccc(Br)cc1)[C@@H]1CC[C@H]1C(O)S(=O)(=O)O. The predicted molar refractivity (Wildman–Crippen MR) is 87.3 cm³/mol. The van der Waals surface area contributed by atoms with Crippen molar-refractivity contribution in [1.29, 1.82) is 0 Å². The fourth-order valence-electron chi connectivity index (χ4n) is 2.62. The fourth-order valence-corrected chi connectivity index (χ4v) is 3.67. The highest BCUT2D eigenvalue weighted by Crippen LogP contribution is 2.42. The minimum absolute atomic E-state index is 0.353. The van der Waals surface area contributed by atoms with Gasteiger partial charge < -0.3 is 9.84 Å². The first-order chi connectivity index (χ1) is 10.7. The number of rotatable bonds is 6. The Hall–Kier alpha value is -1.22. The monoisotopic (exact) mass is 404 g/mol. The lowest BCUT2D eigenvalue weighted by molar-refractivity contribution is -0.0275. The lowest BCUT2D eigenvalue weighted by Crippen LogP contribution is -2.46. The van der Waals surface area contributed by atoms with E-state index in [1.165, 1.54) is 6.08 Å². The molecule has 1 fully saturated rings. The lowest BCUT2D eigenvalue weighted by Gasteiger charge is -2.41. The van der Waals surface area contributed by atoms with Gasteiger partial charge in [0.2, 0.25) is 0 Å². The number of halogens is 1. The molecule has 0 saturated heterocycles. The first-order valence-corrected chi connectivity index (χ1v) is 9.27. The second-order valence-corrected chi connectivity index (χ2v) is 7.85. The van der Waals surface area contributed by atoms with Gasteiger partial charge in [0.25, 0.3) is 10.1 Å². The molecule has 1 aliphatic rings. The largest absolute Gasteiger partial charge is 0.454 e. The normalized spacial score (nSPS) is 23.4. The lowest BCUT2D eigenvalue weighted by atomic mass is 9.71. The zero-order valence-corrected chi connectivity index (χ0v) is 14.5. The summed E-state index contributed by atoms with van der Waals surface area (Å²) in [5.41, 5.74) is -1.53. The zero-order chi connectivity index (χ0) is 17.2. The zero-order valence-electron chi connectivity index (χ0n) is 12.1. The molecule has 1 saturated carbocycles. The van der Waals surface area contributed by atoms with E-state index in [1.54, 1.807) is 24.3 Å². The van der Waals surface area contributed by atoms with Gasteiger partial charge in [-0.2, -0.15) is 8.42 Å². The third-order valence-corrected chi connectivity index (χ3v) is 5.52. The van der Waals surface area contributed by atoms with Crippen LogP contribution in [-0.2, 0) is 14.9 Å². The summed E-state index contributed by atoms with van der Waals surface area (Å²) in [5.74, 6) is -1.65. The van der Waals surface area contributed by atoms with Crippen molar-refractivity contribution in [1.82, 2.24) is 0 Å². The van der Waals surface area contributed by atoms with E-state index >= 15 is 0 Å². The number of benzene rings is 1. The highest BCUT2D eigenvalue weighted by molar-refractivity contribution is 9.10. The number of hydrogen-bond donors (Lipinski definition) is 2. The molecule has 0 amide bonds. The minimum Gasteiger partial charge on any atom is -0.454 e. The van der Waals surface area contributed by atoms with Crippen molar-refractivity contribution in [2.24, 2.45) is 11.8 Å². The van der Waals surface area contributed by atoms with Crippen LogP contribution in [0.1, 0.15) is 23.2 Å². The van der Waals surface area contributed by atoms with Gasteiger partial charge >= 0.3 is 5.97 Å². The van der Waals surface area contributed by atoms with Crippen LogP contribution >= 0.6 is 15.9 Å². The predicted octanol–water partition coefficient (Wildman–Crippen LogP) is 2.39. The Kier molecular flexibility index (Phi) is 5.61. The maximum absolute atomic E-state index is 12.1. The van der Waals surface area contributed by atoms with Crippen molar-refractivity contribution >= 4 is 32.0 Å². The first-order valence-electron chi connectivity index (χ1n) is 6.97. The van der Waals surface area contributed by atoms with Gasteiger partial charge in [0.05, 0.1) is 5.56 Å². The average Bonchev–Trinajstić information content (AvgIpc) is 2.44. The molecule has 8 heteroatoms. The molecule has 0 spiro atoms. The van der Waals surface area contributed by atoms with Crippen molar-refractivity contribution in [2.75, 3.05) is 0 Å². The van der Waals surface area contributed by atoms with Gasteiger partial charge in [0.15, 0.2) is 5.44 Å². The topological polar surface area (TPSA) is 101 Å². The van der Waals surface area contributed by atoms with Gasteiger partial charge in [-0.1, -0.05) is 28.6 Å². The van der Waals surface area contributed by atoms with E-state index in [4.69, 9.17) is 9.29 Å². The molecular formula is C15H17BrO6S. The highest BCUT2D eigenvalue weighted by Gasteiger charge is 2.46. The number of ether oxygens (including phenoxy) is 1. The third-order valence-electron chi connectivity index (χ3n) is 4.03. The molecule has 1 aromatic carbocycles. The number of aliphatic hydroxyl groups is 1. The smallest absolute Gasteiger partial charge is 0.338 e. The van der Waals surface area contributed by atoms with Crippen LogP contribution in [0.15, 0.2) is 41.4 Å². The Labute approximate surface area is 143 Å². The quantitative estimate of drug-likeness (QED) is 0.428. The van der Waals surface area contributed by atoms with Crippen LogP contribution in [0.25, 0.3) is 0 Å². The van der Waals surface area contributed by atoms with Gasteiger partial charge in [-0.25, -0.2) is 4.79 Å². The maximum Gasteiger partial charge on any atom is 0.338 e. The van der Waals surface area contributed by atoms with Crippen molar-refractivity contribution in [2.45, 2.75) is 24.4 Å². The molecule has 2 rings (SSSR count). The molecule has 0 bridgehead atoms. The Morgan fingerprint density at radius 2 is 1.87 bits per heavy atom. The van der Waals surface area contributed by atoms with Crippen LogP contribution in [0.4, 0.5) is 0 Å². The highest BCUT2D eigenvalue weighted by atomic mass is 79.9. The van der Waals surface area contributed by atoms with E-state index in [-0.39, 0.29) is 0 Å². The molecule has 1 unspecified atom stereocenters. The summed E-state index contributed by atoms with van der Waals surface area (Å²) < 4.78 is 37.3. The molecule has 23 heavy (non-hydrogen) atoms. The Balaban J connectivity index is 2.07. The van der Waals surface area contributed by atoms with Gasteiger partial charge in [0, 0.05) is 16.3 Å². The van der Waals surface area contributed by atoms with E-state index < -0.39 is 39.5 Å². The second kappa shape index (κ2) is 7.12. The van der Waals surface area contributed by atoms with Crippen LogP contribution < -0.4 is 0 Å². The second-order valence-electron chi connectivity index (χ2n) is 5.42. The summed E-state index contributed by atoms with van der Waals surface area (Å²) in [6.07, 6.45) is 1.67. The Morgan fingerprint density at radius 1 is 1.30 bits per heavy atom. The standard InChI is InChI=1S/C15H17BrO6S/c1-2-13(11-7-8-12(11)15(18)23(19,20)21)22-14(17)9-3-5-10(16)6-4-9/h2-6,11-13,15,18H,1,7-8H2,(H,19,20,21)/t11-,12-,13+,15?/m1/s1. The van der Waals surface area contributed by atoms with Gasteiger partial charge in [-0.3, -0.25) is 4.55 Å². The van der Waals surface area contributed by atoms with E-state index in [0.29, 0.717) is 18.4 Å². The van der Waals surface area contributed by atoms with Crippen LogP contribution in [0.2, 0.25) is 0 Å². The molecule has 0 heterocycles. The van der Waals surface area contributed by atoms with Gasteiger partial charge in [0.1, 0.15) is 6.10 Å². The van der Waals surface area contributed by atoms with Gasteiger partial charge in [-0.05, 0) is 37.1 Å². The first kappa shape index (κ1) is 18.1. The van der Waals surface area contributed by atoms with E-state index in [9.17, 15) is 18.3 Å². The van der Waals surface area contributed by atoms with Crippen LogP contribution in [0.5, 0.6) is 0 Å². The number of carbonyl (C=O) groups is 1. The molecule has 126 valence electrons. The Bertz CT molecular complexity index is 684. The molecule has 1 aliphatic carbocycles. The van der Waals surface area contributed by atoms with E-state index in [1.807, 2.05) is 0 Å². The van der Waals surface area contributed by atoms with Crippen LogP contribution in [-0.4, -0.2) is 35.6 Å². The summed E-state index contributed by atoms with van der Waals surface area (Å²) in [4.78, 5) is 12.1. The number of aliphatic hydroxyl groups excluding tert-OH is 1. The summed E-state index contributed by atoms with van der Waals surface area (Å²) in [6.45, 7) is 3.60. The molecule has 4 atom stereocenters. The third kappa shape index (κ3) is 4.20. The molecule has 0 radical (unpaired) electrons. The van der Waals surface area contributed by atoms with Crippen LogP contribution in [0.3, 0.4) is 0 Å².